The summed E-state index contributed by atoms with van der Waals surface area (Å²) in [5, 5.41) is 21.7. The highest BCUT2D eigenvalue weighted by atomic mass is 16.3. The third kappa shape index (κ3) is 2.66. The number of phenols is 1. The van der Waals surface area contributed by atoms with Crippen molar-refractivity contribution in [1.82, 2.24) is 4.90 Å². The predicted molar refractivity (Wildman–Crippen MR) is 86.0 cm³/mol. The first-order chi connectivity index (χ1) is 10.6. The van der Waals surface area contributed by atoms with Crippen molar-refractivity contribution in [2.45, 2.75) is 38.3 Å². The molecule has 2 atom stereocenters. The highest BCUT2D eigenvalue weighted by molar-refractivity contribution is 6.03. The number of carbonyl (C=O) groups excluding carboxylic acids is 1. The molecule has 2 unspecified atom stereocenters. The molecule has 0 aliphatic carbocycles. The van der Waals surface area contributed by atoms with Gasteiger partial charge in [0.15, 0.2) is 0 Å². The van der Waals surface area contributed by atoms with E-state index in [-0.39, 0.29) is 17.7 Å². The van der Waals surface area contributed by atoms with Crippen molar-refractivity contribution in [2.24, 2.45) is 0 Å². The number of amides is 1. The van der Waals surface area contributed by atoms with Crippen LogP contribution < -0.4 is 0 Å². The fraction of sp³-hybridized carbons (Fsp3) is 0.389. The lowest BCUT2D eigenvalue weighted by molar-refractivity contribution is 0.0679. The summed E-state index contributed by atoms with van der Waals surface area (Å²) in [5.41, 5.74) is 0.344. The number of aliphatic hydroxyl groups excluding tert-OH is 1. The van der Waals surface area contributed by atoms with Gasteiger partial charge in [0, 0.05) is 18.0 Å². The van der Waals surface area contributed by atoms with Gasteiger partial charge in [0.25, 0.3) is 5.91 Å². The Hall–Kier alpha value is -2.07. The molecule has 2 aromatic carbocycles. The smallest absolute Gasteiger partial charge is 0.257 e. The first kappa shape index (κ1) is 14.9. The number of hydrogen-bond acceptors (Lipinski definition) is 3. The van der Waals surface area contributed by atoms with Crippen molar-refractivity contribution >= 4 is 16.7 Å². The molecule has 1 amide bonds. The van der Waals surface area contributed by atoms with Gasteiger partial charge in [-0.25, -0.2) is 0 Å². The predicted octanol–water partition coefficient (Wildman–Crippen LogP) is 2.92. The van der Waals surface area contributed by atoms with Gasteiger partial charge in [-0.3, -0.25) is 4.79 Å². The second kappa shape index (κ2) is 5.97. The maximum atomic E-state index is 12.8. The highest BCUT2D eigenvalue weighted by Crippen LogP contribution is 2.32. The minimum Gasteiger partial charge on any atom is -0.506 e. The molecule has 1 aliphatic rings. The van der Waals surface area contributed by atoms with Gasteiger partial charge < -0.3 is 15.1 Å². The Morgan fingerprint density at radius 3 is 2.86 bits per heavy atom. The summed E-state index contributed by atoms with van der Waals surface area (Å²) >= 11 is 0. The Kier molecular flexibility index (Phi) is 4.03. The second-order valence-electron chi connectivity index (χ2n) is 6.06. The first-order valence-electron chi connectivity index (χ1n) is 7.77. The van der Waals surface area contributed by atoms with E-state index in [9.17, 15) is 15.0 Å². The maximum Gasteiger partial charge on any atom is 0.257 e. The van der Waals surface area contributed by atoms with Gasteiger partial charge >= 0.3 is 0 Å². The Morgan fingerprint density at radius 2 is 2.09 bits per heavy atom. The van der Waals surface area contributed by atoms with E-state index >= 15 is 0 Å². The van der Waals surface area contributed by atoms with Crippen LogP contribution in [0.1, 0.15) is 36.5 Å². The molecule has 0 saturated carbocycles. The SMILES string of the molecule is CC(O)CC1CCCN1C(=O)c1ccc2ccccc2c1O. The number of aromatic hydroxyl groups is 1. The highest BCUT2D eigenvalue weighted by Gasteiger charge is 2.31. The van der Waals surface area contributed by atoms with E-state index in [4.69, 9.17) is 0 Å². The topological polar surface area (TPSA) is 60.8 Å². The Bertz CT molecular complexity index is 696. The van der Waals surface area contributed by atoms with E-state index in [0.29, 0.717) is 23.9 Å². The van der Waals surface area contributed by atoms with Crippen LogP contribution in [0.4, 0.5) is 0 Å². The molecule has 4 heteroatoms. The first-order valence-corrected chi connectivity index (χ1v) is 7.77. The third-order valence-corrected chi connectivity index (χ3v) is 4.38. The average Bonchev–Trinajstić information content (AvgIpc) is 2.94. The molecule has 0 spiro atoms. The van der Waals surface area contributed by atoms with Crippen LogP contribution in [0.15, 0.2) is 36.4 Å². The van der Waals surface area contributed by atoms with Gasteiger partial charge in [0.05, 0.1) is 11.7 Å². The summed E-state index contributed by atoms with van der Waals surface area (Å²) in [6, 6.07) is 11.1. The summed E-state index contributed by atoms with van der Waals surface area (Å²) in [7, 11) is 0. The molecule has 2 aromatic rings. The van der Waals surface area contributed by atoms with Crippen LogP contribution >= 0.6 is 0 Å². The van der Waals surface area contributed by atoms with Crippen LogP contribution in [0.25, 0.3) is 10.8 Å². The second-order valence-corrected chi connectivity index (χ2v) is 6.06. The van der Waals surface area contributed by atoms with Gasteiger partial charge in [-0.15, -0.1) is 0 Å². The van der Waals surface area contributed by atoms with E-state index in [1.54, 1.807) is 17.9 Å². The normalized spacial score (nSPS) is 19.5. The zero-order valence-electron chi connectivity index (χ0n) is 12.7. The summed E-state index contributed by atoms with van der Waals surface area (Å²) in [6.07, 6.45) is 2.01. The molecule has 4 nitrogen and oxygen atoms in total. The van der Waals surface area contributed by atoms with Crippen molar-refractivity contribution in [2.75, 3.05) is 6.54 Å². The van der Waals surface area contributed by atoms with Crippen molar-refractivity contribution in [3.05, 3.63) is 42.0 Å². The molecule has 0 bridgehead atoms. The fourth-order valence-electron chi connectivity index (χ4n) is 3.32. The zero-order chi connectivity index (χ0) is 15.7. The van der Waals surface area contributed by atoms with E-state index in [2.05, 4.69) is 0 Å². The number of phenolic OH excluding ortho intramolecular Hbond substituents is 1. The standard InChI is InChI=1S/C18H21NO3/c1-12(20)11-14-6-4-10-19(14)18(22)16-9-8-13-5-2-3-7-15(13)17(16)21/h2-3,5,7-9,12,14,20-21H,4,6,10-11H2,1H3. The van der Waals surface area contributed by atoms with Gasteiger partial charge in [-0.05, 0) is 37.6 Å². The number of rotatable bonds is 3. The Labute approximate surface area is 130 Å². The lowest BCUT2D eigenvalue weighted by atomic mass is 10.0. The number of hydrogen-bond donors (Lipinski definition) is 2. The molecule has 2 N–H and O–H groups in total. The number of fused-ring (bicyclic) bond motifs is 1. The maximum absolute atomic E-state index is 12.8. The van der Waals surface area contributed by atoms with Gasteiger partial charge in [0.1, 0.15) is 5.75 Å². The van der Waals surface area contributed by atoms with Gasteiger partial charge in [-0.1, -0.05) is 30.3 Å². The van der Waals surface area contributed by atoms with Crippen LogP contribution in [0.2, 0.25) is 0 Å². The molecular formula is C18H21NO3. The van der Waals surface area contributed by atoms with Crippen molar-refractivity contribution in [3.8, 4) is 5.75 Å². The molecule has 1 saturated heterocycles. The van der Waals surface area contributed by atoms with Crippen molar-refractivity contribution < 1.29 is 15.0 Å². The molecule has 116 valence electrons. The number of nitrogens with zero attached hydrogens (tertiary/aromatic N) is 1. The molecule has 1 heterocycles. The summed E-state index contributed by atoms with van der Waals surface area (Å²) < 4.78 is 0. The van der Waals surface area contributed by atoms with Crippen molar-refractivity contribution in [3.63, 3.8) is 0 Å². The lowest BCUT2D eigenvalue weighted by Gasteiger charge is -2.26. The molecule has 1 aliphatic heterocycles. The van der Waals surface area contributed by atoms with E-state index < -0.39 is 6.10 Å². The van der Waals surface area contributed by atoms with Crippen LogP contribution in [0.5, 0.6) is 5.75 Å². The van der Waals surface area contributed by atoms with Crippen LogP contribution in [0.3, 0.4) is 0 Å². The molecule has 3 rings (SSSR count). The van der Waals surface area contributed by atoms with Crippen LogP contribution in [-0.2, 0) is 0 Å². The summed E-state index contributed by atoms with van der Waals surface area (Å²) in [6.45, 7) is 2.43. The molecule has 22 heavy (non-hydrogen) atoms. The number of carbonyl (C=O) groups is 1. The van der Waals surface area contributed by atoms with E-state index in [1.165, 1.54) is 0 Å². The van der Waals surface area contributed by atoms with Crippen LogP contribution in [0, 0.1) is 0 Å². The minimum absolute atomic E-state index is 0.0470. The molecular weight excluding hydrogens is 278 g/mol. The Balaban J connectivity index is 1.93. The summed E-state index contributed by atoms with van der Waals surface area (Å²) in [5.74, 6) is -0.0998. The average molecular weight is 299 g/mol. The largest absolute Gasteiger partial charge is 0.506 e. The molecule has 0 aromatic heterocycles. The van der Waals surface area contributed by atoms with E-state index in [0.717, 1.165) is 18.2 Å². The molecule has 0 radical (unpaired) electrons. The lowest BCUT2D eigenvalue weighted by Crippen LogP contribution is -2.37. The molecule has 1 fully saturated rings. The fourth-order valence-corrected chi connectivity index (χ4v) is 3.32. The minimum atomic E-state index is -0.427. The number of benzene rings is 2. The van der Waals surface area contributed by atoms with Gasteiger partial charge in [0.2, 0.25) is 0 Å². The number of likely N-dealkylation sites (tertiary alicyclic amines) is 1. The van der Waals surface area contributed by atoms with Crippen LogP contribution in [-0.4, -0.2) is 39.7 Å². The van der Waals surface area contributed by atoms with Crippen molar-refractivity contribution in [1.29, 1.82) is 0 Å². The zero-order valence-corrected chi connectivity index (χ0v) is 12.7. The van der Waals surface area contributed by atoms with Gasteiger partial charge in [-0.2, -0.15) is 0 Å². The monoisotopic (exact) mass is 299 g/mol. The van der Waals surface area contributed by atoms with E-state index in [1.807, 2.05) is 30.3 Å². The number of aliphatic hydroxyl groups is 1. The Morgan fingerprint density at radius 1 is 1.32 bits per heavy atom. The summed E-state index contributed by atoms with van der Waals surface area (Å²) in [4.78, 5) is 14.6. The quantitative estimate of drug-likeness (QED) is 0.916. The third-order valence-electron chi connectivity index (χ3n) is 4.38.